The molecule has 0 spiro atoms. The number of unbranched alkanes of at least 4 members (excludes halogenated alkanes) is 2. The summed E-state index contributed by atoms with van der Waals surface area (Å²) in [6.07, 6.45) is 3.29. The summed E-state index contributed by atoms with van der Waals surface area (Å²) in [6, 6.07) is 17.5. The molecule has 0 aliphatic heterocycles. The van der Waals surface area contributed by atoms with Gasteiger partial charge in [0.15, 0.2) is 6.61 Å². The molecule has 132 valence electrons. The molecule has 0 aliphatic carbocycles. The first kappa shape index (κ1) is 18.5. The minimum atomic E-state index is -0.393. The Labute approximate surface area is 148 Å². The molecule has 0 saturated carbocycles. The maximum Gasteiger partial charge on any atom is 0.276 e. The highest BCUT2D eigenvalue weighted by Crippen LogP contribution is 2.21. The fourth-order valence-electron chi connectivity index (χ4n) is 2.30. The maximum atomic E-state index is 11.7. The average Bonchev–Trinajstić information content (AvgIpc) is 2.66. The van der Waals surface area contributed by atoms with Gasteiger partial charge in [0.2, 0.25) is 5.91 Å². The third-order valence-corrected chi connectivity index (χ3v) is 3.68. The van der Waals surface area contributed by atoms with E-state index in [2.05, 4.69) is 17.8 Å². The summed E-state index contributed by atoms with van der Waals surface area (Å²) in [5.74, 6) is 0.0223. The van der Waals surface area contributed by atoms with E-state index in [1.54, 1.807) is 0 Å². The fraction of sp³-hybridized carbons (Fsp3) is 0.300. The number of nitrogens with one attached hydrogen (secondary N) is 2. The Kier molecular flexibility index (Phi) is 7.50. The standard InChI is InChI=1S/C20H24N2O3/c1-2-3-5-10-19(23)21-22-20(24)15-25-18-13-11-17(12-14-18)16-8-6-4-7-9-16/h4,6-9,11-14H,2-3,5,10,15H2,1H3,(H,21,23)(H,22,24). The maximum absolute atomic E-state index is 11.7. The molecule has 0 saturated heterocycles. The van der Waals surface area contributed by atoms with E-state index >= 15 is 0 Å². The molecule has 0 unspecified atom stereocenters. The van der Waals surface area contributed by atoms with Crippen LogP contribution in [0.15, 0.2) is 54.6 Å². The van der Waals surface area contributed by atoms with Crippen LogP contribution in [0, 0.1) is 0 Å². The number of carbonyl (C=O) groups is 2. The van der Waals surface area contributed by atoms with Crippen molar-refractivity contribution in [3.63, 3.8) is 0 Å². The molecule has 2 rings (SSSR count). The van der Waals surface area contributed by atoms with Gasteiger partial charge < -0.3 is 4.74 Å². The van der Waals surface area contributed by atoms with E-state index in [4.69, 9.17) is 4.74 Å². The van der Waals surface area contributed by atoms with Gasteiger partial charge >= 0.3 is 0 Å². The Bertz CT molecular complexity index is 669. The lowest BCUT2D eigenvalue weighted by molar-refractivity contribution is -0.130. The van der Waals surface area contributed by atoms with Crippen molar-refractivity contribution in [1.29, 1.82) is 0 Å². The highest BCUT2D eigenvalue weighted by atomic mass is 16.5. The SMILES string of the molecule is CCCCCC(=O)NNC(=O)COc1ccc(-c2ccccc2)cc1. The normalized spacial score (nSPS) is 10.1. The van der Waals surface area contributed by atoms with Crippen LogP contribution in [-0.2, 0) is 9.59 Å². The van der Waals surface area contributed by atoms with E-state index in [1.807, 2.05) is 54.6 Å². The summed E-state index contributed by atoms with van der Waals surface area (Å²) in [5, 5.41) is 0. The van der Waals surface area contributed by atoms with Gasteiger partial charge in [0.05, 0.1) is 0 Å². The van der Waals surface area contributed by atoms with Crippen LogP contribution in [0.1, 0.15) is 32.6 Å². The van der Waals surface area contributed by atoms with Crippen LogP contribution in [0.5, 0.6) is 5.75 Å². The van der Waals surface area contributed by atoms with Crippen molar-refractivity contribution in [2.24, 2.45) is 0 Å². The van der Waals surface area contributed by atoms with E-state index in [1.165, 1.54) is 0 Å². The third kappa shape index (κ3) is 6.67. The lowest BCUT2D eigenvalue weighted by Gasteiger charge is -2.09. The second-order valence-electron chi connectivity index (χ2n) is 5.73. The largest absolute Gasteiger partial charge is 0.484 e. The van der Waals surface area contributed by atoms with Crippen LogP contribution in [0.25, 0.3) is 11.1 Å². The summed E-state index contributed by atoms with van der Waals surface area (Å²) >= 11 is 0. The van der Waals surface area contributed by atoms with Gasteiger partial charge in [-0.25, -0.2) is 0 Å². The predicted octanol–water partition coefficient (Wildman–Crippen LogP) is 3.46. The van der Waals surface area contributed by atoms with Gasteiger partial charge in [0.1, 0.15) is 5.75 Å². The van der Waals surface area contributed by atoms with Crippen LogP contribution in [-0.4, -0.2) is 18.4 Å². The number of amides is 2. The Morgan fingerprint density at radius 2 is 1.48 bits per heavy atom. The fourth-order valence-corrected chi connectivity index (χ4v) is 2.30. The number of hydrogen-bond acceptors (Lipinski definition) is 3. The summed E-state index contributed by atoms with van der Waals surface area (Å²) < 4.78 is 5.43. The molecule has 2 amide bonds. The molecule has 2 aromatic rings. The van der Waals surface area contributed by atoms with E-state index < -0.39 is 5.91 Å². The molecule has 0 aromatic heterocycles. The Balaban J connectivity index is 1.72. The van der Waals surface area contributed by atoms with Crippen LogP contribution < -0.4 is 15.6 Å². The molecule has 0 heterocycles. The summed E-state index contributed by atoms with van der Waals surface area (Å²) in [5.41, 5.74) is 6.95. The molecule has 5 heteroatoms. The van der Waals surface area contributed by atoms with Crippen LogP contribution in [0.3, 0.4) is 0 Å². The molecule has 0 bridgehead atoms. The lowest BCUT2D eigenvalue weighted by atomic mass is 10.1. The highest BCUT2D eigenvalue weighted by Gasteiger charge is 2.06. The van der Waals surface area contributed by atoms with Gasteiger partial charge in [-0.2, -0.15) is 0 Å². The highest BCUT2D eigenvalue weighted by molar-refractivity contribution is 5.82. The first-order valence-corrected chi connectivity index (χ1v) is 8.55. The zero-order valence-electron chi connectivity index (χ0n) is 14.5. The molecular weight excluding hydrogens is 316 g/mol. The Hall–Kier alpha value is -2.82. The van der Waals surface area contributed by atoms with Gasteiger partial charge in [0, 0.05) is 6.42 Å². The third-order valence-electron chi connectivity index (χ3n) is 3.68. The van der Waals surface area contributed by atoms with E-state index in [0.717, 1.165) is 30.4 Å². The molecule has 2 aromatic carbocycles. The summed E-state index contributed by atoms with van der Waals surface area (Å²) in [6.45, 7) is 1.92. The number of benzene rings is 2. The van der Waals surface area contributed by atoms with Gasteiger partial charge in [-0.05, 0) is 29.7 Å². The monoisotopic (exact) mass is 340 g/mol. The van der Waals surface area contributed by atoms with Gasteiger partial charge in [-0.1, -0.05) is 62.2 Å². The summed E-state index contributed by atoms with van der Waals surface area (Å²) in [4.78, 5) is 23.2. The Morgan fingerprint density at radius 1 is 0.840 bits per heavy atom. The smallest absolute Gasteiger partial charge is 0.276 e. The quantitative estimate of drug-likeness (QED) is 0.571. The molecule has 0 fully saturated rings. The molecule has 0 radical (unpaired) electrons. The van der Waals surface area contributed by atoms with Crippen LogP contribution >= 0.6 is 0 Å². The molecule has 25 heavy (non-hydrogen) atoms. The van der Waals surface area contributed by atoms with Gasteiger partial charge in [-0.15, -0.1) is 0 Å². The predicted molar refractivity (Wildman–Crippen MR) is 97.8 cm³/mol. The first-order valence-electron chi connectivity index (χ1n) is 8.55. The second-order valence-corrected chi connectivity index (χ2v) is 5.73. The number of ether oxygens (including phenoxy) is 1. The van der Waals surface area contributed by atoms with Crippen molar-refractivity contribution in [2.75, 3.05) is 6.61 Å². The molecular formula is C20H24N2O3. The van der Waals surface area contributed by atoms with Crippen molar-refractivity contribution < 1.29 is 14.3 Å². The lowest BCUT2D eigenvalue weighted by Crippen LogP contribution is -2.43. The summed E-state index contributed by atoms with van der Waals surface area (Å²) in [7, 11) is 0. The van der Waals surface area contributed by atoms with Crippen molar-refractivity contribution in [3.05, 3.63) is 54.6 Å². The zero-order chi connectivity index (χ0) is 17.9. The van der Waals surface area contributed by atoms with Crippen molar-refractivity contribution >= 4 is 11.8 Å². The number of hydrazine groups is 1. The van der Waals surface area contributed by atoms with Crippen LogP contribution in [0.4, 0.5) is 0 Å². The molecule has 2 N–H and O–H groups in total. The zero-order valence-corrected chi connectivity index (χ0v) is 14.5. The van der Waals surface area contributed by atoms with E-state index in [-0.39, 0.29) is 12.5 Å². The molecule has 0 atom stereocenters. The molecule has 5 nitrogen and oxygen atoms in total. The van der Waals surface area contributed by atoms with Crippen LogP contribution in [0.2, 0.25) is 0 Å². The molecule has 0 aliphatic rings. The minimum absolute atomic E-state index is 0.153. The van der Waals surface area contributed by atoms with Gasteiger partial charge in [0.25, 0.3) is 5.91 Å². The van der Waals surface area contributed by atoms with Crippen molar-refractivity contribution in [2.45, 2.75) is 32.6 Å². The first-order chi connectivity index (χ1) is 12.2. The average molecular weight is 340 g/mol. The van der Waals surface area contributed by atoms with E-state index in [9.17, 15) is 9.59 Å². The minimum Gasteiger partial charge on any atom is -0.484 e. The van der Waals surface area contributed by atoms with Gasteiger partial charge in [-0.3, -0.25) is 20.4 Å². The topological polar surface area (TPSA) is 67.4 Å². The van der Waals surface area contributed by atoms with E-state index in [0.29, 0.717) is 12.2 Å². The number of hydrogen-bond donors (Lipinski definition) is 2. The van der Waals surface area contributed by atoms with Crippen molar-refractivity contribution in [1.82, 2.24) is 10.9 Å². The Morgan fingerprint density at radius 3 is 2.16 bits per heavy atom. The van der Waals surface area contributed by atoms with Crippen molar-refractivity contribution in [3.8, 4) is 16.9 Å². The number of rotatable bonds is 8. The number of carbonyl (C=O) groups excluding carboxylic acids is 2. The second kappa shape index (κ2) is 10.1.